The van der Waals surface area contributed by atoms with Crippen molar-refractivity contribution < 1.29 is 14.3 Å². The summed E-state index contributed by atoms with van der Waals surface area (Å²) < 4.78 is 10.5. The Balaban J connectivity index is 1.84. The minimum atomic E-state index is -0.123. The highest BCUT2D eigenvalue weighted by Gasteiger charge is 2.03. The van der Waals surface area contributed by atoms with Crippen LogP contribution in [0.1, 0.15) is 6.92 Å². The van der Waals surface area contributed by atoms with Crippen molar-refractivity contribution in [3.8, 4) is 11.5 Å². The van der Waals surface area contributed by atoms with Crippen LogP contribution < -0.4 is 20.1 Å². The van der Waals surface area contributed by atoms with E-state index in [0.29, 0.717) is 18.0 Å². The molecule has 0 heterocycles. The number of carbonyl (C=O) groups excluding carboxylic acids is 1. The van der Waals surface area contributed by atoms with Crippen LogP contribution in [0, 0.1) is 0 Å². The molecule has 2 aromatic rings. The third-order valence-corrected chi connectivity index (χ3v) is 2.97. The first-order valence-corrected chi connectivity index (χ1v) is 7.12. The van der Waals surface area contributed by atoms with Crippen molar-refractivity contribution >= 4 is 17.3 Å². The number of methoxy groups -OCH3 is 1. The van der Waals surface area contributed by atoms with Crippen LogP contribution in [0.2, 0.25) is 0 Å². The van der Waals surface area contributed by atoms with Gasteiger partial charge in [0, 0.05) is 17.4 Å². The molecule has 0 saturated heterocycles. The summed E-state index contributed by atoms with van der Waals surface area (Å²) in [4.78, 5) is 11.9. The van der Waals surface area contributed by atoms with Crippen LogP contribution >= 0.6 is 0 Å². The van der Waals surface area contributed by atoms with E-state index in [1.807, 2.05) is 49.4 Å². The Morgan fingerprint density at radius 3 is 2.50 bits per heavy atom. The Morgan fingerprint density at radius 1 is 1.05 bits per heavy atom. The van der Waals surface area contributed by atoms with Crippen LogP contribution in [0.4, 0.5) is 11.4 Å². The fourth-order valence-corrected chi connectivity index (χ4v) is 1.92. The molecule has 0 atom stereocenters. The normalized spacial score (nSPS) is 9.91. The summed E-state index contributed by atoms with van der Waals surface area (Å²) in [5.74, 6) is 1.40. The summed E-state index contributed by atoms with van der Waals surface area (Å²) in [6, 6.07) is 14.7. The topological polar surface area (TPSA) is 59.6 Å². The molecule has 0 saturated carbocycles. The Labute approximate surface area is 130 Å². The van der Waals surface area contributed by atoms with Gasteiger partial charge in [-0.25, -0.2) is 0 Å². The van der Waals surface area contributed by atoms with Gasteiger partial charge in [0.05, 0.1) is 20.3 Å². The van der Waals surface area contributed by atoms with E-state index < -0.39 is 0 Å². The van der Waals surface area contributed by atoms with Gasteiger partial charge in [-0.3, -0.25) is 4.79 Å². The summed E-state index contributed by atoms with van der Waals surface area (Å²) >= 11 is 0. The fraction of sp³-hybridized carbons (Fsp3) is 0.235. The molecule has 0 aliphatic carbocycles. The first kappa shape index (κ1) is 15.7. The van der Waals surface area contributed by atoms with Crippen LogP contribution in [0.5, 0.6) is 11.5 Å². The van der Waals surface area contributed by atoms with Crippen molar-refractivity contribution in [1.29, 1.82) is 0 Å². The predicted molar refractivity (Wildman–Crippen MR) is 87.7 cm³/mol. The number of ether oxygens (including phenoxy) is 2. The molecule has 0 spiro atoms. The van der Waals surface area contributed by atoms with E-state index in [4.69, 9.17) is 9.47 Å². The van der Waals surface area contributed by atoms with Crippen LogP contribution in [-0.2, 0) is 4.79 Å². The monoisotopic (exact) mass is 300 g/mol. The van der Waals surface area contributed by atoms with Gasteiger partial charge in [-0.15, -0.1) is 0 Å². The molecule has 2 N–H and O–H groups in total. The molecule has 0 fully saturated rings. The minimum absolute atomic E-state index is 0.123. The summed E-state index contributed by atoms with van der Waals surface area (Å²) in [5, 5.41) is 5.88. The maximum atomic E-state index is 11.9. The molecule has 0 aliphatic heterocycles. The van der Waals surface area contributed by atoms with E-state index in [1.165, 1.54) is 0 Å². The predicted octanol–water partition coefficient (Wildman–Crippen LogP) is 3.14. The highest BCUT2D eigenvalue weighted by atomic mass is 16.5. The zero-order valence-electron chi connectivity index (χ0n) is 12.8. The van der Waals surface area contributed by atoms with Crippen LogP contribution in [-0.4, -0.2) is 26.2 Å². The molecular weight excluding hydrogens is 280 g/mol. The Morgan fingerprint density at radius 2 is 1.82 bits per heavy atom. The standard InChI is InChI=1S/C17H20N2O3/c1-3-22-15-9-7-13(8-10-15)18-12-17(20)19-14-5-4-6-16(11-14)21-2/h4-11,18H,3,12H2,1-2H3,(H,19,20). The number of nitrogens with one attached hydrogen (secondary N) is 2. The second-order valence-electron chi connectivity index (χ2n) is 4.59. The van der Waals surface area contributed by atoms with Crippen LogP contribution in [0.15, 0.2) is 48.5 Å². The van der Waals surface area contributed by atoms with Gasteiger partial charge in [0.1, 0.15) is 11.5 Å². The van der Waals surface area contributed by atoms with E-state index >= 15 is 0 Å². The van der Waals surface area contributed by atoms with E-state index in [0.717, 1.165) is 11.4 Å². The third-order valence-electron chi connectivity index (χ3n) is 2.97. The molecule has 2 rings (SSSR count). The molecule has 0 aliphatic rings. The molecule has 2 aromatic carbocycles. The highest BCUT2D eigenvalue weighted by Crippen LogP contribution is 2.17. The highest BCUT2D eigenvalue weighted by molar-refractivity contribution is 5.93. The maximum absolute atomic E-state index is 11.9. The molecule has 0 unspecified atom stereocenters. The first-order chi connectivity index (χ1) is 10.7. The lowest BCUT2D eigenvalue weighted by Crippen LogP contribution is -2.21. The lowest BCUT2D eigenvalue weighted by Gasteiger charge is -2.09. The average molecular weight is 300 g/mol. The van der Waals surface area contributed by atoms with Gasteiger partial charge in [0.25, 0.3) is 0 Å². The molecule has 0 aromatic heterocycles. The molecule has 0 bridgehead atoms. The van der Waals surface area contributed by atoms with Crippen LogP contribution in [0.3, 0.4) is 0 Å². The maximum Gasteiger partial charge on any atom is 0.243 e. The quantitative estimate of drug-likeness (QED) is 0.824. The van der Waals surface area contributed by atoms with Gasteiger partial charge < -0.3 is 20.1 Å². The number of hydrogen-bond donors (Lipinski definition) is 2. The first-order valence-electron chi connectivity index (χ1n) is 7.12. The van der Waals surface area contributed by atoms with Gasteiger partial charge in [-0.05, 0) is 43.3 Å². The Hall–Kier alpha value is -2.69. The van der Waals surface area contributed by atoms with Gasteiger partial charge >= 0.3 is 0 Å². The summed E-state index contributed by atoms with van der Waals surface area (Å²) in [6.45, 7) is 2.76. The number of hydrogen-bond acceptors (Lipinski definition) is 4. The lowest BCUT2D eigenvalue weighted by atomic mass is 10.3. The van der Waals surface area contributed by atoms with Gasteiger partial charge in [-0.1, -0.05) is 6.07 Å². The smallest absolute Gasteiger partial charge is 0.243 e. The molecule has 5 nitrogen and oxygen atoms in total. The summed E-state index contributed by atoms with van der Waals surface area (Å²) in [5.41, 5.74) is 1.57. The van der Waals surface area contributed by atoms with E-state index in [2.05, 4.69) is 10.6 Å². The van der Waals surface area contributed by atoms with Crippen molar-refractivity contribution in [2.75, 3.05) is 30.9 Å². The van der Waals surface area contributed by atoms with E-state index in [9.17, 15) is 4.79 Å². The van der Waals surface area contributed by atoms with Crippen molar-refractivity contribution in [3.05, 3.63) is 48.5 Å². The molecule has 5 heteroatoms. The van der Waals surface area contributed by atoms with E-state index in [1.54, 1.807) is 13.2 Å². The SMILES string of the molecule is CCOc1ccc(NCC(=O)Nc2cccc(OC)c2)cc1. The number of anilines is 2. The largest absolute Gasteiger partial charge is 0.497 e. The second kappa shape index (κ2) is 7.93. The lowest BCUT2D eigenvalue weighted by molar-refractivity contribution is -0.114. The molecule has 22 heavy (non-hydrogen) atoms. The van der Waals surface area contributed by atoms with Crippen molar-refractivity contribution in [1.82, 2.24) is 0 Å². The van der Waals surface area contributed by atoms with Crippen molar-refractivity contribution in [2.45, 2.75) is 6.92 Å². The zero-order valence-corrected chi connectivity index (χ0v) is 12.8. The number of rotatable bonds is 7. The number of carbonyl (C=O) groups is 1. The zero-order chi connectivity index (χ0) is 15.8. The molecule has 1 amide bonds. The number of benzene rings is 2. The van der Waals surface area contributed by atoms with E-state index in [-0.39, 0.29) is 12.5 Å². The third kappa shape index (κ3) is 4.70. The van der Waals surface area contributed by atoms with Crippen molar-refractivity contribution in [2.24, 2.45) is 0 Å². The molecular formula is C17H20N2O3. The van der Waals surface area contributed by atoms with Crippen LogP contribution in [0.25, 0.3) is 0 Å². The fourth-order valence-electron chi connectivity index (χ4n) is 1.92. The molecule has 0 radical (unpaired) electrons. The second-order valence-corrected chi connectivity index (χ2v) is 4.59. The minimum Gasteiger partial charge on any atom is -0.497 e. The summed E-state index contributed by atoms with van der Waals surface area (Å²) in [6.07, 6.45) is 0. The molecule has 116 valence electrons. The number of amides is 1. The Kier molecular flexibility index (Phi) is 5.65. The van der Waals surface area contributed by atoms with Crippen molar-refractivity contribution in [3.63, 3.8) is 0 Å². The summed E-state index contributed by atoms with van der Waals surface area (Å²) in [7, 11) is 1.59. The van der Waals surface area contributed by atoms with Gasteiger partial charge in [0.2, 0.25) is 5.91 Å². The van der Waals surface area contributed by atoms with Gasteiger partial charge in [0.15, 0.2) is 0 Å². The average Bonchev–Trinajstić information content (AvgIpc) is 2.55. The Bertz CT molecular complexity index is 612. The van der Waals surface area contributed by atoms with Gasteiger partial charge in [-0.2, -0.15) is 0 Å².